The maximum absolute atomic E-state index is 5.86. The van der Waals surface area contributed by atoms with Crippen molar-refractivity contribution in [1.82, 2.24) is 9.97 Å². The van der Waals surface area contributed by atoms with Crippen LogP contribution < -0.4 is 15.8 Å². The average molecular weight is 224 g/mol. The van der Waals surface area contributed by atoms with Gasteiger partial charge in [-0.3, -0.25) is 0 Å². The van der Waals surface area contributed by atoms with E-state index in [1.807, 2.05) is 6.92 Å². The molecule has 2 unspecified atom stereocenters. The summed E-state index contributed by atoms with van der Waals surface area (Å²) in [5.41, 5.74) is 6.30. The summed E-state index contributed by atoms with van der Waals surface area (Å²) < 4.78 is 10.5. The van der Waals surface area contributed by atoms with Crippen molar-refractivity contribution in [1.29, 1.82) is 0 Å². The summed E-state index contributed by atoms with van der Waals surface area (Å²) in [6.07, 6.45) is 2.55. The van der Waals surface area contributed by atoms with E-state index in [9.17, 15) is 0 Å². The number of anilines is 2. The van der Waals surface area contributed by atoms with Gasteiger partial charge in [0.2, 0.25) is 5.88 Å². The van der Waals surface area contributed by atoms with Crippen LogP contribution in [0.4, 0.5) is 11.5 Å². The molecule has 0 aliphatic carbocycles. The van der Waals surface area contributed by atoms with Gasteiger partial charge in [-0.25, -0.2) is 4.98 Å². The molecule has 16 heavy (non-hydrogen) atoms. The van der Waals surface area contributed by atoms with Crippen LogP contribution in [0.5, 0.6) is 5.88 Å². The molecule has 6 heteroatoms. The first kappa shape index (κ1) is 10.9. The molecule has 1 aliphatic heterocycles. The number of nitrogen functional groups attached to an aromatic ring is 1. The quantitative estimate of drug-likeness (QED) is 0.784. The van der Waals surface area contributed by atoms with E-state index in [4.69, 9.17) is 15.2 Å². The zero-order valence-electron chi connectivity index (χ0n) is 9.43. The molecule has 0 radical (unpaired) electrons. The highest BCUT2D eigenvalue weighted by molar-refractivity contribution is 5.66. The number of rotatable bonds is 3. The zero-order chi connectivity index (χ0) is 11.5. The summed E-state index contributed by atoms with van der Waals surface area (Å²) in [7, 11) is 1.53. The average Bonchev–Trinajstić information content (AvgIpc) is 2.68. The Bertz CT molecular complexity index is 372. The van der Waals surface area contributed by atoms with E-state index < -0.39 is 0 Å². The Kier molecular flexibility index (Phi) is 3.09. The summed E-state index contributed by atoms with van der Waals surface area (Å²) in [5.74, 6) is 0.998. The van der Waals surface area contributed by atoms with Crippen molar-refractivity contribution in [3.8, 4) is 5.88 Å². The Hall–Kier alpha value is -1.56. The smallest absolute Gasteiger partial charge is 0.242 e. The van der Waals surface area contributed by atoms with Crippen LogP contribution in [0.3, 0.4) is 0 Å². The number of nitrogens with one attached hydrogen (secondary N) is 1. The van der Waals surface area contributed by atoms with Crippen molar-refractivity contribution in [2.24, 2.45) is 0 Å². The number of hydrogen-bond donors (Lipinski definition) is 2. The molecular formula is C10H16N4O2. The fourth-order valence-electron chi connectivity index (χ4n) is 1.75. The second-order valence-electron chi connectivity index (χ2n) is 3.76. The molecule has 6 nitrogen and oxygen atoms in total. The SMILES string of the molecule is COc1ncnc(NC2CCOC2C)c1N. The number of ether oxygens (including phenoxy) is 2. The van der Waals surface area contributed by atoms with Gasteiger partial charge in [0.1, 0.15) is 12.0 Å². The van der Waals surface area contributed by atoms with Crippen LogP contribution in [-0.4, -0.2) is 35.8 Å². The molecule has 1 aliphatic rings. The van der Waals surface area contributed by atoms with E-state index in [0.717, 1.165) is 13.0 Å². The van der Waals surface area contributed by atoms with E-state index in [2.05, 4.69) is 15.3 Å². The third-order valence-corrected chi connectivity index (χ3v) is 2.74. The molecule has 2 atom stereocenters. The topological polar surface area (TPSA) is 82.3 Å². The Morgan fingerprint density at radius 1 is 1.56 bits per heavy atom. The highest BCUT2D eigenvalue weighted by atomic mass is 16.5. The second kappa shape index (κ2) is 4.52. The summed E-state index contributed by atoms with van der Waals surface area (Å²) >= 11 is 0. The molecule has 0 aromatic carbocycles. The lowest BCUT2D eigenvalue weighted by molar-refractivity contribution is 0.121. The van der Waals surface area contributed by atoms with Crippen molar-refractivity contribution in [2.75, 3.05) is 24.8 Å². The van der Waals surface area contributed by atoms with Crippen molar-refractivity contribution >= 4 is 11.5 Å². The highest BCUT2D eigenvalue weighted by Crippen LogP contribution is 2.26. The van der Waals surface area contributed by atoms with Crippen molar-refractivity contribution in [3.63, 3.8) is 0 Å². The van der Waals surface area contributed by atoms with E-state index in [1.165, 1.54) is 13.4 Å². The van der Waals surface area contributed by atoms with Crippen LogP contribution in [0.25, 0.3) is 0 Å². The number of aromatic nitrogens is 2. The van der Waals surface area contributed by atoms with Crippen LogP contribution in [0, 0.1) is 0 Å². The van der Waals surface area contributed by atoms with E-state index in [1.54, 1.807) is 0 Å². The molecule has 88 valence electrons. The van der Waals surface area contributed by atoms with Gasteiger partial charge in [-0.15, -0.1) is 0 Å². The highest BCUT2D eigenvalue weighted by Gasteiger charge is 2.25. The van der Waals surface area contributed by atoms with Crippen LogP contribution in [0.2, 0.25) is 0 Å². The van der Waals surface area contributed by atoms with E-state index in [-0.39, 0.29) is 12.1 Å². The predicted molar refractivity (Wildman–Crippen MR) is 60.4 cm³/mol. The largest absolute Gasteiger partial charge is 0.479 e. The first-order valence-corrected chi connectivity index (χ1v) is 5.25. The van der Waals surface area contributed by atoms with Crippen LogP contribution in [0.15, 0.2) is 6.33 Å². The standard InChI is InChI=1S/C10H16N4O2/c1-6-7(3-4-16-6)14-9-8(11)10(15-2)13-5-12-9/h5-7H,3-4,11H2,1-2H3,(H,12,13,14). The van der Waals surface area contributed by atoms with Gasteiger partial charge < -0.3 is 20.5 Å². The lowest BCUT2D eigenvalue weighted by atomic mass is 10.1. The number of nitrogens with zero attached hydrogens (tertiary/aromatic N) is 2. The van der Waals surface area contributed by atoms with Gasteiger partial charge in [-0.05, 0) is 13.3 Å². The van der Waals surface area contributed by atoms with Gasteiger partial charge in [0.05, 0.1) is 19.3 Å². The molecule has 0 amide bonds. The Balaban J connectivity index is 2.14. The minimum Gasteiger partial charge on any atom is -0.479 e. The Morgan fingerprint density at radius 2 is 2.38 bits per heavy atom. The van der Waals surface area contributed by atoms with Crippen LogP contribution in [-0.2, 0) is 4.74 Å². The maximum atomic E-state index is 5.86. The van der Waals surface area contributed by atoms with Gasteiger partial charge in [-0.1, -0.05) is 0 Å². The van der Waals surface area contributed by atoms with Crippen LogP contribution in [0.1, 0.15) is 13.3 Å². The van der Waals surface area contributed by atoms with Gasteiger partial charge in [0, 0.05) is 6.61 Å². The van der Waals surface area contributed by atoms with Crippen molar-refractivity contribution in [3.05, 3.63) is 6.33 Å². The molecule has 1 aromatic heterocycles. The van der Waals surface area contributed by atoms with Crippen molar-refractivity contribution < 1.29 is 9.47 Å². The van der Waals surface area contributed by atoms with Gasteiger partial charge in [0.25, 0.3) is 0 Å². The fraction of sp³-hybridized carbons (Fsp3) is 0.600. The third-order valence-electron chi connectivity index (χ3n) is 2.74. The molecule has 1 saturated heterocycles. The van der Waals surface area contributed by atoms with Gasteiger partial charge >= 0.3 is 0 Å². The minimum atomic E-state index is 0.167. The molecule has 0 saturated carbocycles. The number of hydrogen-bond acceptors (Lipinski definition) is 6. The summed E-state index contributed by atoms with van der Waals surface area (Å²) in [6, 6.07) is 0.238. The summed E-state index contributed by atoms with van der Waals surface area (Å²) in [5, 5.41) is 3.25. The molecule has 0 spiro atoms. The molecule has 3 N–H and O–H groups in total. The molecule has 1 fully saturated rings. The van der Waals surface area contributed by atoms with Crippen LogP contribution >= 0.6 is 0 Å². The lowest BCUT2D eigenvalue weighted by Crippen LogP contribution is -2.27. The minimum absolute atomic E-state index is 0.167. The molecule has 0 bridgehead atoms. The molecule has 2 heterocycles. The summed E-state index contributed by atoms with van der Waals surface area (Å²) in [4.78, 5) is 8.02. The molecule has 2 rings (SSSR count). The van der Waals surface area contributed by atoms with Gasteiger partial charge in [-0.2, -0.15) is 4.98 Å². The van der Waals surface area contributed by atoms with Crippen molar-refractivity contribution in [2.45, 2.75) is 25.5 Å². The van der Waals surface area contributed by atoms with E-state index >= 15 is 0 Å². The maximum Gasteiger partial charge on any atom is 0.242 e. The Morgan fingerprint density at radius 3 is 3.00 bits per heavy atom. The molecular weight excluding hydrogens is 208 g/mol. The second-order valence-corrected chi connectivity index (χ2v) is 3.76. The monoisotopic (exact) mass is 224 g/mol. The first-order valence-electron chi connectivity index (χ1n) is 5.25. The molecule has 1 aromatic rings. The normalized spacial score (nSPS) is 24.4. The summed E-state index contributed by atoms with van der Waals surface area (Å²) in [6.45, 7) is 2.79. The lowest BCUT2D eigenvalue weighted by Gasteiger charge is -2.18. The fourth-order valence-corrected chi connectivity index (χ4v) is 1.75. The Labute approximate surface area is 94.2 Å². The van der Waals surface area contributed by atoms with Gasteiger partial charge in [0.15, 0.2) is 5.82 Å². The predicted octanol–water partition coefficient (Wildman–Crippen LogP) is 0.657. The number of nitrogens with two attached hydrogens (primary N) is 1. The third kappa shape index (κ3) is 2.01. The first-order chi connectivity index (χ1) is 7.72. The van der Waals surface area contributed by atoms with E-state index in [0.29, 0.717) is 17.4 Å². The number of methoxy groups -OCH3 is 1. The zero-order valence-corrected chi connectivity index (χ0v) is 9.43.